The summed E-state index contributed by atoms with van der Waals surface area (Å²) in [5, 5.41) is 12.7. The van der Waals surface area contributed by atoms with E-state index in [0.29, 0.717) is 19.6 Å². The minimum Gasteiger partial charge on any atom is -0.390 e. The number of aromatic nitrogens is 2. The third kappa shape index (κ3) is 2.28. The minimum atomic E-state index is -3.64. The molecule has 1 aliphatic heterocycles. The summed E-state index contributed by atoms with van der Waals surface area (Å²) in [6, 6.07) is -0.443. The molecule has 1 aliphatic rings. The molecule has 2 heterocycles. The fourth-order valence-corrected chi connectivity index (χ4v) is 3.31. The molecule has 2 rings (SSSR count). The lowest BCUT2D eigenvalue weighted by molar-refractivity contribution is 0.136. The fraction of sp³-hybridized carbons (Fsp3) is 0.700. The Labute approximate surface area is 106 Å². The van der Waals surface area contributed by atoms with Crippen LogP contribution >= 0.6 is 0 Å². The van der Waals surface area contributed by atoms with Crippen LogP contribution in [0.15, 0.2) is 17.6 Å². The van der Waals surface area contributed by atoms with E-state index in [0.717, 1.165) is 0 Å². The number of imidazole rings is 1. The van der Waals surface area contributed by atoms with E-state index >= 15 is 0 Å². The van der Waals surface area contributed by atoms with Crippen molar-refractivity contribution in [3.05, 3.63) is 12.5 Å². The van der Waals surface area contributed by atoms with Gasteiger partial charge in [-0.25, -0.2) is 13.4 Å². The SMILES string of the molecule is CCn1cnc(S(=O)(=O)N(C)[C@@H]2CNC[C@H]2O)c1. The number of hydrogen-bond donors (Lipinski definition) is 2. The molecule has 8 heteroatoms. The highest BCUT2D eigenvalue weighted by Gasteiger charge is 2.36. The molecular weight excluding hydrogens is 256 g/mol. The Morgan fingerprint density at radius 2 is 2.33 bits per heavy atom. The van der Waals surface area contributed by atoms with Crippen LogP contribution in [0.25, 0.3) is 0 Å². The second-order valence-corrected chi connectivity index (χ2v) is 6.30. The summed E-state index contributed by atoms with van der Waals surface area (Å²) < 4.78 is 27.5. The fourth-order valence-electron chi connectivity index (χ4n) is 1.99. The normalized spacial score (nSPS) is 24.9. The highest BCUT2D eigenvalue weighted by atomic mass is 32.2. The van der Waals surface area contributed by atoms with E-state index in [1.54, 1.807) is 4.57 Å². The average Bonchev–Trinajstić information content (AvgIpc) is 2.96. The average molecular weight is 274 g/mol. The van der Waals surface area contributed by atoms with Crippen LogP contribution in [0.5, 0.6) is 0 Å². The second kappa shape index (κ2) is 4.96. The third-order valence-corrected chi connectivity index (χ3v) is 5.00. The second-order valence-electron chi connectivity index (χ2n) is 4.36. The van der Waals surface area contributed by atoms with E-state index in [2.05, 4.69) is 10.3 Å². The zero-order chi connectivity index (χ0) is 13.3. The number of aryl methyl sites for hydroxylation is 1. The molecule has 2 atom stereocenters. The third-order valence-electron chi connectivity index (χ3n) is 3.24. The number of nitrogens with zero attached hydrogens (tertiary/aromatic N) is 3. The molecule has 1 saturated heterocycles. The summed E-state index contributed by atoms with van der Waals surface area (Å²) in [5.74, 6) is 0. The maximum absolute atomic E-state index is 12.3. The Kier molecular flexibility index (Phi) is 3.71. The first kappa shape index (κ1) is 13.5. The van der Waals surface area contributed by atoms with Crippen molar-refractivity contribution in [3.63, 3.8) is 0 Å². The Morgan fingerprint density at radius 3 is 2.83 bits per heavy atom. The lowest BCUT2D eigenvalue weighted by Gasteiger charge is -2.24. The van der Waals surface area contributed by atoms with Gasteiger partial charge >= 0.3 is 0 Å². The molecule has 0 bridgehead atoms. The lowest BCUT2D eigenvalue weighted by atomic mass is 10.2. The Morgan fingerprint density at radius 1 is 1.61 bits per heavy atom. The summed E-state index contributed by atoms with van der Waals surface area (Å²) >= 11 is 0. The molecule has 0 radical (unpaired) electrons. The van der Waals surface area contributed by atoms with E-state index < -0.39 is 22.2 Å². The van der Waals surface area contributed by atoms with Crippen molar-refractivity contribution in [2.45, 2.75) is 30.6 Å². The molecule has 18 heavy (non-hydrogen) atoms. The van der Waals surface area contributed by atoms with Gasteiger partial charge in [-0.3, -0.25) is 0 Å². The van der Waals surface area contributed by atoms with Gasteiger partial charge in [0.25, 0.3) is 10.0 Å². The van der Waals surface area contributed by atoms with Gasteiger partial charge in [0.05, 0.1) is 18.5 Å². The van der Waals surface area contributed by atoms with E-state index in [1.165, 1.54) is 23.9 Å². The number of rotatable bonds is 4. The van der Waals surface area contributed by atoms with Crippen molar-refractivity contribution in [2.75, 3.05) is 20.1 Å². The number of aliphatic hydroxyl groups excluding tert-OH is 1. The highest BCUT2D eigenvalue weighted by molar-refractivity contribution is 7.89. The molecule has 0 aliphatic carbocycles. The molecular formula is C10H18N4O3S. The van der Waals surface area contributed by atoms with Crippen molar-refractivity contribution in [1.82, 2.24) is 19.2 Å². The Balaban J connectivity index is 2.24. The first-order chi connectivity index (χ1) is 8.46. The number of likely N-dealkylation sites (N-methyl/N-ethyl adjacent to an activating group) is 1. The summed E-state index contributed by atoms with van der Waals surface area (Å²) in [5.41, 5.74) is 0. The molecule has 1 aromatic heterocycles. The first-order valence-electron chi connectivity index (χ1n) is 5.85. The lowest BCUT2D eigenvalue weighted by Crippen LogP contribution is -2.44. The van der Waals surface area contributed by atoms with Gasteiger partial charge in [0.15, 0.2) is 5.03 Å². The van der Waals surface area contributed by atoms with Crippen LogP contribution in [0.1, 0.15) is 6.92 Å². The minimum absolute atomic E-state index is 0.0194. The topological polar surface area (TPSA) is 87.5 Å². The number of β-amino-alcohol motifs (C(OH)–C–C–N with tert-alkyl or cyclic N) is 1. The van der Waals surface area contributed by atoms with Crippen LogP contribution in [0.3, 0.4) is 0 Å². The van der Waals surface area contributed by atoms with Gasteiger partial charge in [-0.2, -0.15) is 4.31 Å². The smallest absolute Gasteiger partial charge is 0.262 e. The standard InChI is InChI=1S/C10H18N4O3S/c1-3-14-6-10(12-7-14)18(16,17)13(2)8-4-11-5-9(8)15/h6-9,11,15H,3-5H2,1-2H3/t8-,9-/m1/s1. The van der Waals surface area contributed by atoms with E-state index in [-0.39, 0.29) is 5.03 Å². The predicted octanol–water partition coefficient (Wildman–Crippen LogP) is -1.14. The maximum atomic E-state index is 12.3. The van der Waals surface area contributed by atoms with Crippen molar-refractivity contribution in [1.29, 1.82) is 0 Å². The number of nitrogens with one attached hydrogen (secondary N) is 1. The molecule has 0 aromatic carbocycles. The predicted molar refractivity (Wildman–Crippen MR) is 65.5 cm³/mol. The first-order valence-corrected chi connectivity index (χ1v) is 7.29. The summed E-state index contributed by atoms with van der Waals surface area (Å²) in [7, 11) is -2.17. The van der Waals surface area contributed by atoms with Crippen LogP contribution in [-0.4, -0.2) is 59.7 Å². The largest absolute Gasteiger partial charge is 0.390 e. The molecule has 102 valence electrons. The van der Waals surface area contributed by atoms with Crippen LogP contribution < -0.4 is 5.32 Å². The summed E-state index contributed by atoms with van der Waals surface area (Å²) in [6.45, 7) is 3.44. The van der Waals surface area contributed by atoms with Crippen LogP contribution in [0.2, 0.25) is 0 Å². The number of hydrogen-bond acceptors (Lipinski definition) is 5. The van der Waals surface area contributed by atoms with Gasteiger partial charge in [-0.15, -0.1) is 0 Å². The molecule has 0 amide bonds. The maximum Gasteiger partial charge on any atom is 0.262 e. The van der Waals surface area contributed by atoms with E-state index in [9.17, 15) is 13.5 Å². The molecule has 1 fully saturated rings. The van der Waals surface area contributed by atoms with Crippen LogP contribution in [0.4, 0.5) is 0 Å². The Hall–Kier alpha value is -0.960. The van der Waals surface area contributed by atoms with Gasteiger partial charge in [0.2, 0.25) is 0 Å². The van der Waals surface area contributed by atoms with Gasteiger partial charge < -0.3 is 15.0 Å². The molecule has 0 spiro atoms. The van der Waals surface area contributed by atoms with Gasteiger partial charge in [-0.1, -0.05) is 0 Å². The molecule has 7 nitrogen and oxygen atoms in total. The molecule has 0 unspecified atom stereocenters. The zero-order valence-corrected chi connectivity index (χ0v) is 11.3. The van der Waals surface area contributed by atoms with Gasteiger partial charge in [0, 0.05) is 32.9 Å². The quantitative estimate of drug-likeness (QED) is 0.724. The molecule has 1 aromatic rings. The summed E-state index contributed by atoms with van der Waals surface area (Å²) in [6.07, 6.45) is 2.31. The highest BCUT2D eigenvalue weighted by Crippen LogP contribution is 2.18. The Bertz CT molecular complexity index is 513. The molecule has 2 N–H and O–H groups in total. The van der Waals surface area contributed by atoms with Crippen molar-refractivity contribution in [2.24, 2.45) is 0 Å². The van der Waals surface area contributed by atoms with E-state index in [4.69, 9.17) is 0 Å². The van der Waals surface area contributed by atoms with Crippen molar-refractivity contribution >= 4 is 10.0 Å². The van der Waals surface area contributed by atoms with Gasteiger partial charge in [-0.05, 0) is 6.92 Å². The van der Waals surface area contributed by atoms with Crippen LogP contribution in [0, 0.1) is 0 Å². The van der Waals surface area contributed by atoms with Crippen LogP contribution in [-0.2, 0) is 16.6 Å². The van der Waals surface area contributed by atoms with Crippen molar-refractivity contribution in [3.8, 4) is 0 Å². The monoisotopic (exact) mass is 274 g/mol. The van der Waals surface area contributed by atoms with Gasteiger partial charge in [0.1, 0.15) is 0 Å². The number of aliphatic hydroxyl groups is 1. The molecule has 0 saturated carbocycles. The number of sulfonamides is 1. The zero-order valence-electron chi connectivity index (χ0n) is 10.4. The van der Waals surface area contributed by atoms with E-state index in [1.807, 2.05) is 6.92 Å². The summed E-state index contributed by atoms with van der Waals surface area (Å²) in [4.78, 5) is 3.91. The van der Waals surface area contributed by atoms with Crippen molar-refractivity contribution < 1.29 is 13.5 Å².